The SMILES string of the molecule is CCCN(CCC)CCCNC(=O)[C@H]1CCCN(c2nnc(N3CCCC3=O)s2)C1. The number of carbonyl (C=O) groups is 2. The average molecular weight is 437 g/mol. The van der Waals surface area contributed by atoms with Gasteiger partial charge >= 0.3 is 0 Å². The number of carbonyl (C=O) groups excluding carboxylic acids is 2. The highest BCUT2D eigenvalue weighted by molar-refractivity contribution is 7.19. The van der Waals surface area contributed by atoms with Crippen molar-refractivity contribution in [2.24, 2.45) is 5.92 Å². The van der Waals surface area contributed by atoms with Gasteiger partial charge in [-0.2, -0.15) is 0 Å². The third kappa shape index (κ3) is 6.14. The fraction of sp³-hybridized carbons (Fsp3) is 0.810. The fourth-order valence-corrected chi connectivity index (χ4v) is 5.21. The summed E-state index contributed by atoms with van der Waals surface area (Å²) in [5.74, 6) is 0.267. The van der Waals surface area contributed by atoms with Crippen LogP contribution in [0.2, 0.25) is 0 Å². The number of amides is 2. The zero-order valence-electron chi connectivity index (χ0n) is 18.4. The van der Waals surface area contributed by atoms with Gasteiger partial charge in [0, 0.05) is 32.6 Å². The van der Waals surface area contributed by atoms with Gasteiger partial charge in [0.05, 0.1) is 5.92 Å². The Hall–Kier alpha value is -1.74. The molecule has 0 aromatic carbocycles. The van der Waals surface area contributed by atoms with E-state index in [9.17, 15) is 9.59 Å². The van der Waals surface area contributed by atoms with Crippen LogP contribution in [-0.4, -0.2) is 72.7 Å². The smallest absolute Gasteiger partial charge is 0.228 e. The summed E-state index contributed by atoms with van der Waals surface area (Å²) in [4.78, 5) is 31.0. The molecule has 3 heterocycles. The Morgan fingerprint density at radius 1 is 1.13 bits per heavy atom. The Kier molecular flexibility index (Phi) is 8.87. The van der Waals surface area contributed by atoms with Crippen LogP contribution in [0.3, 0.4) is 0 Å². The maximum absolute atomic E-state index is 12.7. The van der Waals surface area contributed by atoms with E-state index >= 15 is 0 Å². The van der Waals surface area contributed by atoms with Crippen LogP contribution < -0.4 is 15.1 Å². The second-order valence-corrected chi connectivity index (χ2v) is 9.22. The number of aromatic nitrogens is 2. The standard InChI is InChI=1S/C21H36N6O2S/c1-3-11-25(12-4-2)13-7-10-22-19(29)17-8-5-14-26(16-17)20-23-24-21(30-20)27-15-6-9-18(27)28/h17H,3-16H2,1-2H3,(H,22,29)/t17-/m0/s1. The highest BCUT2D eigenvalue weighted by atomic mass is 32.1. The van der Waals surface area contributed by atoms with Gasteiger partial charge in [0.2, 0.25) is 22.1 Å². The molecule has 168 valence electrons. The van der Waals surface area contributed by atoms with Gasteiger partial charge in [-0.1, -0.05) is 25.2 Å². The number of nitrogens with one attached hydrogen (secondary N) is 1. The molecule has 2 aliphatic heterocycles. The van der Waals surface area contributed by atoms with E-state index in [0.717, 1.165) is 70.1 Å². The molecule has 1 atom stereocenters. The largest absolute Gasteiger partial charge is 0.356 e. The van der Waals surface area contributed by atoms with Crippen LogP contribution in [0.5, 0.6) is 0 Å². The van der Waals surface area contributed by atoms with E-state index in [1.54, 1.807) is 4.90 Å². The van der Waals surface area contributed by atoms with Crippen LogP contribution in [0, 0.1) is 5.92 Å². The zero-order valence-corrected chi connectivity index (χ0v) is 19.3. The predicted octanol–water partition coefficient (Wildman–Crippen LogP) is 2.51. The van der Waals surface area contributed by atoms with E-state index in [2.05, 4.69) is 39.2 Å². The highest BCUT2D eigenvalue weighted by Crippen LogP contribution is 2.32. The van der Waals surface area contributed by atoms with Crippen LogP contribution in [0.4, 0.5) is 10.3 Å². The summed E-state index contributed by atoms with van der Waals surface area (Å²) in [6.07, 6.45) is 6.69. The number of rotatable bonds is 11. The van der Waals surface area contributed by atoms with Crippen molar-refractivity contribution >= 4 is 33.4 Å². The van der Waals surface area contributed by atoms with Gasteiger partial charge in [0.25, 0.3) is 0 Å². The van der Waals surface area contributed by atoms with E-state index in [4.69, 9.17) is 0 Å². The first-order chi connectivity index (χ1) is 14.6. The van der Waals surface area contributed by atoms with Gasteiger partial charge in [-0.15, -0.1) is 10.2 Å². The van der Waals surface area contributed by atoms with Crippen LogP contribution in [0.25, 0.3) is 0 Å². The summed E-state index contributed by atoms with van der Waals surface area (Å²) >= 11 is 1.46. The molecule has 1 N–H and O–H groups in total. The second-order valence-electron chi connectivity index (χ2n) is 8.29. The Labute approximate surface area is 184 Å². The van der Waals surface area contributed by atoms with E-state index < -0.39 is 0 Å². The number of hydrogen-bond donors (Lipinski definition) is 1. The summed E-state index contributed by atoms with van der Waals surface area (Å²) < 4.78 is 0. The molecule has 2 saturated heterocycles. The Bertz CT molecular complexity index is 691. The molecule has 1 aromatic heterocycles. The van der Waals surface area contributed by atoms with Gasteiger partial charge in [-0.3, -0.25) is 14.5 Å². The Morgan fingerprint density at radius 3 is 2.60 bits per heavy atom. The molecule has 0 spiro atoms. The molecule has 0 saturated carbocycles. The molecule has 0 unspecified atom stereocenters. The molecular formula is C21H36N6O2S. The molecule has 0 radical (unpaired) electrons. The van der Waals surface area contributed by atoms with Crippen LogP contribution in [0.15, 0.2) is 0 Å². The molecular weight excluding hydrogens is 400 g/mol. The number of nitrogens with zero attached hydrogens (tertiary/aromatic N) is 5. The third-order valence-electron chi connectivity index (χ3n) is 5.80. The second kappa shape index (κ2) is 11.6. The van der Waals surface area contributed by atoms with Crippen LogP contribution in [-0.2, 0) is 9.59 Å². The molecule has 2 amide bonds. The monoisotopic (exact) mass is 436 g/mol. The maximum atomic E-state index is 12.7. The Morgan fingerprint density at radius 2 is 1.90 bits per heavy atom. The summed E-state index contributed by atoms with van der Waals surface area (Å²) in [7, 11) is 0. The van der Waals surface area contributed by atoms with Crippen molar-refractivity contribution in [2.45, 2.75) is 58.8 Å². The lowest BCUT2D eigenvalue weighted by molar-refractivity contribution is -0.125. The summed E-state index contributed by atoms with van der Waals surface area (Å²) in [6.45, 7) is 10.7. The van der Waals surface area contributed by atoms with Crippen molar-refractivity contribution in [3.8, 4) is 0 Å². The lowest BCUT2D eigenvalue weighted by Gasteiger charge is -2.31. The molecule has 1 aromatic rings. The first-order valence-electron chi connectivity index (χ1n) is 11.5. The van der Waals surface area contributed by atoms with Crippen molar-refractivity contribution in [3.05, 3.63) is 0 Å². The van der Waals surface area contributed by atoms with Crippen LogP contribution in [0.1, 0.15) is 58.8 Å². The minimum atomic E-state index is -0.0121. The number of anilines is 2. The molecule has 3 rings (SSSR count). The van der Waals surface area contributed by atoms with E-state index in [0.29, 0.717) is 18.1 Å². The average Bonchev–Trinajstić information content (AvgIpc) is 3.40. The van der Waals surface area contributed by atoms with Crippen molar-refractivity contribution < 1.29 is 9.59 Å². The summed E-state index contributed by atoms with van der Waals surface area (Å²) in [5.41, 5.74) is 0. The van der Waals surface area contributed by atoms with Crippen molar-refractivity contribution in [1.82, 2.24) is 20.4 Å². The van der Waals surface area contributed by atoms with Gasteiger partial charge in [-0.25, -0.2) is 0 Å². The normalized spacial score (nSPS) is 19.7. The lowest BCUT2D eigenvalue weighted by atomic mass is 9.97. The predicted molar refractivity (Wildman–Crippen MR) is 121 cm³/mol. The zero-order chi connectivity index (χ0) is 21.3. The molecule has 0 bridgehead atoms. The Balaban J connectivity index is 1.44. The molecule has 0 aliphatic carbocycles. The molecule has 9 heteroatoms. The highest BCUT2D eigenvalue weighted by Gasteiger charge is 2.29. The van der Waals surface area contributed by atoms with Gasteiger partial charge in [0.15, 0.2) is 0 Å². The number of hydrogen-bond acceptors (Lipinski definition) is 7. The summed E-state index contributed by atoms with van der Waals surface area (Å²) in [5, 5.41) is 13.2. The lowest BCUT2D eigenvalue weighted by Crippen LogP contribution is -2.43. The van der Waals surface area contributed by atoms with Crippen molar-refractivity contribution in [3.63, 3.8) is 0 Å². The molecule has 2 fully saturated rings. The molecule has 2 aliphatic rings. The summed E-state index contributed by atoms with van der Waals surface area (Å²) in [6, 6.07) is 0. The van der Waals surface area contributed by atoms with Crippen molar-refractivity contribution in [2.75, 3.05) is 55.6 Å². The quantitative estimate of drug-likeness (QED) is 0.537. The molecule has 30 heavy (non-hydrogen) atoms. The fourth-order valence-electron chi connectivity index (χ4n) is 4.29. The van der Waals surface area contributed by atoms with Gasteiger partial charge < -0.3 is 15.1 Å². The first kappa shape index (κ1) is 22.9. The number of piperidine rings is 1. The first-order valence-corrected chi connectivity index (χ1v) is 12.3. The van der Waals surface area contributed by atoms with Gasteiger partial charge in [-0.05, 0) is 58.2 Å². The van der Waals surface area contributed by atoms with Crippen molar-refractivity contribution in [1.29, 1.82) is 0 Å². The third-order valence-corrected chi connectivity index (χ3v) is 6.81. The van der Waals surface area contributed by atoms with E-state index in [1.807, 2.05) is 0 Å². The minimum absolute atomic E-state index is 0.0121. The van der Waals surface area contributed by atoms with Crippen LogP contribution >= 0.6 is 11.3 Å². The molecule has 8 nitrogen and oxygen atoms in total. The minimum Gasteiger partial charge on any atom is -0.356 e. The van der Waals surface area contributed by atoms with E-state index in [1.165, 1.54) is 24.2 Å². The topological polar surface area (TPSA) is 81.7 Å². The van der Waals surface area contributed by atoms with E-state index in [-0.39, 0.29) is 17.7 Å². The van der Waals surface area contributed by atoms with Gasteiger partial charge in [0.1, 0.15) is 0 Å². The maximum Gasteiger partial charge on any atom is 0.228 e.